The van der Waals surface area contributed by atoms with Crippen molar-refractivity contribution in [2.45, 2.75) is 57.0 Å². The number of piperidine rings is 1. The van der Waals surface area contributed by atoms with Gasteiger partial charge in [0.2, 0.25) is 0 Å². The number of likely N-dealkylation sites (tertiary alicyclic amines) is 1. The number of carboxylic acids is 1. The van der Waals surface area contributed by atoms with Crippen LogP contribution in [0.2, 0.25) is 0 Å². The largest absolute Gasteiger partial charge is 0.540 e. The van der Waals surface area contributed by atoms with Crippen LogP contribution in [-0.2, 0) is 16.1 Å². The third-order valence-corrected chi connectivity index (χ3v) is 6.25. The van der Waals surface area contributed by atoms with E-state index in [1.165, 1.54) is 11.3 Å². The highest BCUT2D eigenvalue weighted by atomic mass is 16.4. The Kier molecular flexibility index (Phi) is 5.29. The summed E-state index contributed by atoms with van der Waals surface area (Å²) in [4.78, 5) is 49.2. The summed E-state index contributed by atoms with van der Waals surface area (Å²) in [5.74, 6) is -2.82. The third-order valence-electron chi connectivity index (χ3n) is 6.25. The topological polar surface area (TPSA) is 124 Å². The van der Waals surface area contributed by atoms with E-state index in [0.717, 1.165) is 37.8 Å². The molecule has 9 heteroatoms. The molecule has 0 radical (unpaired) electrons. The van der Waals surface area contributed by atoms with Gasteiger partial charge in [-0.3, -0.25) is 9.59 Å². The third kappa shape index (κ3) is 3.99. The van der Waals surface area contributed by atoms with Crippen molar-refractivity contribution in [2.24, 2.45) is 5.92 Å². The summed E-state index contributed by atoms with van der Waals surface area (Å²) in [5.41, 5.74) is 0.723. The van der Waals surface area contributed by atoms with Gasteiger partial charge in [-0.25, -0.2) is 4.79 Å². The molecule has 0 aromatic carbocycles. The number of carbonyl (C=O) groups is 3. The van der Waals surface area contributed by atoms with Crippen LogP contribution < -0.4 is 21.3 Å². The van der Waals surface area contributed by atoms with Gasteiger partial charge in [0.25, 0.3) is 11.5 Å². The molecule has 2 N–H and O–H groups in total. The van der Waals surface area contributed by atoms with Gasteiger partial charge in [0.05, 0.1) is 0 Å². The Morgan fingerprint density at radius 2 is 1.79 bits per heavy atom. The summed E-state index contributed by atoms with van der Waals surface area (Å²) < 4.78 is 1.65. The van der Waals surface area contributed by atoms with Crippen molar-refractivity contribution < 1.29 is 19.5 Å². The zero-order valence-corrected chi connectivity index (χ0v) is 16.2. The maximum absolute atomic E-state index is 12.9. The number of rotatable bonds is 2. The summed E-state index contributed by atoms with van der Waals surface area (Å²) in [5, 5.41) is 16.5. The lowest BCUT2D eigenvalue weighted by Crippen LogP contribution is -2.53. The predicted octanol–water partition coefficient (Wildman–Crippen LogP) is -0.00190. The van der Waals surface area contributed by atoms with Crippen LogP contribution in [0.5, 0.6) is 0 Å². The van der Waals surface area contributed by atoms with E-state index in [1.54, 1.807) is 16.7 Å². The first-order valence-corrected chi connectivity index (χ1v) is 10.2. The first kappa shape index (κ1) is 19.5. The first-order chi connectivity index (χ1) is 13.9. The quantitative estimate of drug-likeness (QED) is 0.675. The van der Waals surface area contributed by atoms with Crippen molar-refractivity contribution in [1.82, 2.24) is 14.8 Å². The molecule has 2 bridgehead atoms. The van der Waals surface area contributed by atoms with Crippen molar-refractivity contribution in [3.63, 3.8) is 0 Å². The fraction of sp³-hybridized carbons (Fsp3) is 0.600. The molecule has 2 aliphatic heterocycles. The molecule has 156 valence electrons. The average Bonchev–Trinajstić information content (AvgIpc) is 2.70. The first-order valence-electron chi connectivity index (χ1n) is 10.2. The van der Waals surface area contributed by atoms with Crippen LogP contribution >= 0.6 is 0 Å². The van der Waals surface area contributed by atoms with Gasteiger partial charge in [0, 0.05) is 37.3 Å². The fourth-order valence-corrected chi connectivity index (χ4v) is 4.93. The maximum Gasteiger partial charge on any atom is 0.319 e. The number of nitrogens with one attached hydrogen (secondary N) is 2. The maximum atomic E-state index is 12.9. The molecule has 4 rings (SSSR count). The molecule has 1 aromatic rings. The standard InChI is InChI=1S/C20H26N4O5/c25-17-15(22-20(29)21-14-4-2-1-3-5-14)6-7-16-13-8-12(10-24(16)17)9-23(11-13)18(26)19(27)28/h6-7,12-14H,1-5,8-11H2,(H,27,28)(H2,21,22,29)/p-1/t12-,13+/m0/s1. The molecule has 1 saturated heterocycles. The zero-order valence-electron chi connectivity index (χ0n) is 16.2. The number of anilines is 1. The number of amides is 3. The smallest absolute Gasteiger partial charge is 0.319 e. The highest BCUT2D eigenvalue weighted by Crippen LogP contribution is 2.35. The monoisotopic (exact) mass is 401 g/mol. The van der Waals surface area contributed by atoms with Crippen molar-refractivity contribution >= 4 is 23.6 Å². The van der Waals surface area contributed by atoms with Crippen molar-refractivity contribution in [1.29, 1.82) is 0 Å². The number of fused-ring (bicyclic) bond motifs is 4. The van der Waals surface area contributed by atoms with Gasteiger partial charge >= 0.3 is 6.03 Å². The lowest BCUT2D eigenvalue weighted by molar-refractivity contribution is -0.302. The number of nitrogens with zero attached hydrogens (tertiary/aromatic N) is 2. The molecule has 0 spiro atoms. The number of carbonyl (C=O) groups excluding carboxylic acids is 3. The Balaban J connectivity index is 1.49. The normalized spacial score (nSPS) is 23.8. The summed E-state index contributed by atoms with van der Waals surface area (Å²) in [6.45, 7) is 0.925. The molecular formula is C20H25N4O5-. The van der Waals surface area contributed by atoms with E-state index in [1.807, 2.05) is 0 Å². The molecule has 3 heterocycles. The minimum absolute atomic E-state index is 0.00596. The van der Waals surface area contributed by atoms with Crippen LogP contribution in [0.4, 0.5) is 10.5 Å². The number of hydrogen-bond acceptors (Lipinski definition) is 5. The Morgan fingerprint density at radius 3 is 2.52 bits per heavy atom. The van der Waals surface area contributed by atoms with E-state index < -0.39 is 11.9 Å². The molecule has 9 nitrogen and oxygen atoms in total. The Labute approximate surface area is 168 Å². The van der Waals surface area contributed by atoms with Crippen LogP contribution in [0.15, 0.2) is 16.9 Å². The molecule has 1 aliphatic carbocycles. The second kappa shape index (κ2) is 7.88. The highest BCUT2D eigenvalue weighted by Gasteiger charge is 2.37. The lowest BCUT2D eigenvalue weighted by atomic mass is 9.83. The number of aromatic nitrogens is 1. The summed E-state index contributed by atoms with van der Waals surface area (Å²) in [7, 11) is 0. The van der Waals surface area contributed by atoms with E-state index in [9.17, 15) is 24.3 Å². The van der Waals surface area contributed by atoms with Crippen molar-refractivity contribution in [3.05, 3.63) is 28.2 Å². The minimum Gasteiger partial charge on any atom is -0.540 e. The van der Waals surface area contributed by atoms with Gasteiger partial charge in [0.1, 0.15) is 11.7 Å². The van der Waals surface area contributed by atoms with Crippen LogP contribution in [0.25, 0.3) is 0 Å². The van der Waals surface area contributed by atoms with Crippen LogP contribution in [-0.4, -0.2) is 46.5 Å². The molecule has 3 amide bonds. The van der Waals surface area contributed by atoms with Crippen LogP contribution in [0.3, 0.4) is 0 Å². The molecule has 1 saturated carbocycles. The molecule has 3 aliphatic rings. The number of hydrogen-bond donors (Lipinski definition) is 2. The zero-order chi connectivity index (χ0) is 20.5. The van der Waals surface area contributed by atoms with Gasteiger partial charge in [-0.1, -0.05) is 19.3 Å². The molecular weight excluding hydrogens is 376 g/mol. The predicted molar refractivity (Wildman–Crippen MR) is 102 cm³/mol. The van der Waals surface area contributed by atoms with Crippen molar-refractivity contribution in [2.75, 3.05) is 18.4 Å². The average molecular weight is 401 g/mol. The molecule has 2 fully saturated rings. The van der Waals surface area contributed by atoms with Gasteiger partial charge in [-0.15, -0.1) is 0 Å². The van der Waals surface area contributed by atoms with E-state index >= 15 is 0 Å². The van der Waals surface area contributed by atoms with Crippen LogP contribution in [0.1, 0.15) is 50.1 Å². The van der Waals surface area contributed by atoms with E-state index in [0.29, 0.717) is 6.54 Å². The van der Waals surface area contributed by atoms with Gasteiger partial charge in [-0.2, -0.15) is 0 Å². The van der Waals surface area contributed by atoms with Crippen LogP contribution in [0, 0.1) is 5.92 Å². The number of aliphatic carboxylic acids is 1. The summed E-state index contributed by atoms with van der Waals surface area (Å²) in [6, 6.07) is 3.16. The molecule has 2 atom stereocenters. The highest BCUT2D eigenvalue weighted by molar-refractivity contribution is 6.30. The lowest BCUT2D eigenvalue weighted by Gasteiger charge is -2.42. The number of carboxylic acid groups (broad SMARTS) is 1. The van der Waals surface area contributed by atoms with E-state index in [2.05, 4.69) is 10.6 Å². The number of pyridine rings is 1. The second-order valence-electron chi connectivity index (χ2n) is 8.32. The van der Waals surface area contributed by atoms with Gasteiger partial charge < -0.3 is 30.0 Å². The molecule has 0 unspecified atom stereocenters. The molecule has 1 aromatic heterocycles. The summed E-state index contributed by atoms with van der Waals surface area (Å²) >= 11 is 0. The van der Waals surface area contributed by atoms with Gasteiger partial charge in [0.15, 0.2) is 0 Å². The van der Waals surface area contributed by atoms with Gasteiger partial charge in [-0.05, 0) is 37.3 Å². The fourth-order valence-electron chi connectivity index (χ4n) is 4.93. The summed E-state index contributed by atoms with van der Waals surface area (Å²) in [6.07, 6.45) is 6.12. The Morgan fingerprint density at radius 1 is 1.03 bits per heavy atom. The Bertz CT molecular complexity index is 889. The second-order valence-corrected chi connectivity index (χ2v) is 8.32. The SMILES string of the molecule is O=C(Nc1ccc2n(c1=O)C[C@H]1C[C@@H]2CN(C(=O)C(=O)[O-])C1)NC1CCCCC1. The van der Waals surface area contributed by atoms with E-state index in [4.69, 9.17) is 0 Å². The Hall–Kier alpha value is -2.84. The minimum atomic E-state index is -1.70. The number of urea groups is 1. The van der Waals surface area contributed by atoms with Crippen molar-refractivity contribution in [3.8, 4) is 0 Å². The molecule has 29 heavy (non-hydrogen) atoms. The van der Waals surface area contributed by atoms with E-state index in [-0.39, 0.29) is 48.2 Å².